The van der Waals surface area contributed by atoms with Crippen molar-refractivity contribution in [2.75, 3.05) is 7.11 Å². The van der Waals surface area contributed by atoms with Gasteiger partial charge in [-0.15, -0.1) is 0 Å². The number of rotatable bonds is 3. The Bertz CT molecular complexity index is 446. The van der Waals surface area contributed by atoms with Crippen molar-refractivity contribution >= 4 is 18.0 Å². The summed E-state index contributed by atoms with van der Waals surface area (Å²) in [6, 6.07) is 4.93. The van der Waals surface area contributed by atoms with E-state index >= 15 is 0 Å². The minimum Gasteiger partial charge on any atom is -0.478 e. The lowest BCUT2D eigenvalue weighted by atomic mass is 10.0. The molecule has 4 heteroatoms. The summed E-state index contributed by atoms with van der Waals surface area (Å²) >= 11 is 0. The summed E-state index contributed by atoms with van der Waals surface area (Å²) < 4.78 is 4.44. The number of aromatic carboxylic acids is 1. The molecule has 1 rings (SSSR count). The summed E-state index contributed by atoms with van der Waals surface area (Å²) in [6.45, 7) is 1.78. The summed E-state index contributed by atoms with van der Waals surface area (Å²) in [7, 11) is 1.27. The first-order chi connectivity index (χ1) is 7.56. The molecule has 16 heavy (non-hydrogen) atoms. The average Bonchev–Trinajstić information content (AvgIpc) is 2.26. The van der Waals surface area contributed by atoms with Crippen LogP contribution < -0.4 is 0 Å². The predicted molar refractivity (Wildman–Crippen MR) is 59.2 cm³/mol. The van der Waals surface area contributed by atoms with Crippen molar-refractivity contribution in [2.45, 2.75) is 6.92 Å². The molecule has 0 bridgehead atoms. The van der Waals surface area contributed by atoms with E-state index in [2.05, 4.69) is 4.74 Å². The fourth-order valence-electron chi connectivity index (χ4n) is 1.31. The van der Waals surface area contributed by atoms with Crippen LogP contribution in [-0.2, 0) is 9.53 Å². The van der Waals surface area contributed by atoms with E-state index in [9.17, 15) is 9.59 Å². The van der Waals surface area contributed by atoms with Gasteiger partial charge in [0.2, 0.25) is 0 Å². The van der Waals surface area contributed by atoms with Crippen molar-refractivity contribution in [1.29, 1.82) is 0 Å². The SMILES string of the molecule is COC(=O)C=Cc1c(C)cccc1C(=O)O. The van der Waals surface area contributed by atoms with Crippen LogP contribution in [0.15, 0.2) is 24.3 Å². The summed E-state index contributed by atoms with van der Waals surface area (Å²) in [4.78, 5) is 21.9. The Balaban J connectivity index is 3.16. The number of methoxy groups -OCH3 is 1. The van der Waals surface area contributed by atoms with Gasteiger partial charge in [-0.1, -0.05) is 12.1 Å². The molecular weight excluding hydrogens is 208 g/mol. The second kappa shape index (κ2) is 5.11. The molecule has 4 nitrogen and oxygen atoms in total. The molecule has 84 valence electrons. The van der Waals surface area contributed by atoms with E-state index in [0.29, 0.717) is 5.56 Å². The minimum atomic E-state index is -1.02. The second-order valence-electron chi connectivity index (χ2n) is 3.20. The number of hydrogen-bond donors (Lipinski definition) is 1. The number of ether oxygens (including phenoxy) is 1. The smallest absolute Gasteiger partial charge is 0.336 e. The van der Waals surface area contributed by atoms with Crippen molar-refractivity contribution in [3.63, 3.8) is 0 Å². The maximum atomic E-state index is 10.9. The monoisotopic (exact) mass is 220 g/mol. The fraction of sp³-hybridized carbons (Fsp3) is 0.167. The molecular formula is C12H12O4. The number of carbonyl (C=O) groups excluding carboxylic acids is 1. The maximum Gasteiger partial charge on any atom is 0.336 e. The van der Waals surface area contributed by atoms with Gasteiger partial charge >= 0.3 is 11.9 Å². The van der Waals surface area contributed by atoms with Crippen molar-refractivity contribution < 1.29 is 19.4 Å². The zero-order valence-electron chi connectivity index (χ0n) is 9.06. The lowest BCUT2D eigenvalue weighted by Crippen LogP contribution is -2.01. The number of carboxylic acid groups (broad SMARTS) is 1. The highest BCUT2D eigenvalue weighted by Crippen LogP contribution is 2.16. The summed E-state index contributed by atoms with van der Waals surface area (Å²) in [5.41, 5.74) is 1.47. The van der Waals surface area contributed by atoms with E-state index in [0.717, 1.165) is 5.56 Å². The van der Waals surface area contributed by atoms with Gasteiger partial charge in [-0.25, -0.2) is 9.59 Å². The molecule has 0 aromatic heterocycles. The van der Waals surface area contributed by atoms with Crippen molar-refractivity contribution in [3.8, 4) is 0 Å². The Hall–Kier alpha value is -2.10. The van der Waals surface area contributed by atoms with Crippen LogP contribution in [0.3, 0.4) is 0 Å². The van der Waals surface area contributed by atoms with Crippen LogP contribution in [0.4, 0.5) is 0 Å². The standard InChI is InChI=1S/C12H12O4/c1-8-4-3-5-10(12(14)15)9(8)6-7-11(13)16-2/h3-7H,1-2H3,(H,14,15). The van der Waals surface area contributed by atoms with E-state index in [1.54, 1.807) is 19.1 Å². The third-order valence-corrected chi connectivity index (χ3v) is 2.14. The van der Waals surface area contributed by atoms with Gasteiger partial charge in [0.25, 0.3) is 0 Å². The molecule has 0 aliphatic rings. The van der Waals surface area contributed by atoms with Crippen LogP contribution in [0.5, 0.6) is 0 Å². The van der Waals surface area contributed by atoms with Crippen LogP contribution in [0, 0.1) is 6.92 Å². The number of aryl methyl sites for hydroxylation is 1. The normalized spacial score (nSPS) is 10.4. The van der Waals surface area contributed by atoms with Gasteiger partial charge in [-0.05, 0) is 30.2 Å². The predicted octanol–water partition coefficient (Wildman–Crippen LogP) is 1.88. The number of hydrogen-bond acceptors (Lipinski definition) is 3. The third-order valence-electron chi connectivity index (χ3n) is 2.14. The first-order valence-electron chi connectivity index (χ1n) is 4.65. The highest BCUT2D eigenvalue weighted by molar-refractivity contribution is 5.95. The van der Waals surface area contributed by atoms with Gasteiger partial charge in [0.05, 0.1) is 12.7 Å². The fourth-order valence-corrected chi connectivity index (χ4v) is 1.31. The van der Waals surface area contributed by atoms with Crippen molar-refractivity contribution in [3.05, 3.63) is 41.0 Å². The van der Waals surface area contributed by atoms with Crippen LogP contribution >= 0.6 is 0 Å². The maximum absolute atomic E-state index is 10.9. The molecule has 0 unspecified atom stereocenters. The van der Waals surface area contributed by atoms with E-state index < -0.39 is 11.9 Å². The van der Waals surface area contributed by atoms with E-state index in [1.165, 1.54) is 25.3 Å². The van der Waals surface area contributed by atoms with Gasteiger partial charge in [0.15, 0.2) is 0 Å². The lowest BCUT2D eigenvalue weighted by Gasteiger charge is -2.04. The highest BCUT2D eigenvalue weighted by atomic mass is 16.5. The third kappa shape index (κ3) is 2.70. The first kappa shape index (κ1) is 12.0. The minimum absolute atomic E-state index is 0.167. The molecule has 0 spiro atoms. The van der Waals surface area contributed by atoms with E-state index in [1.807, 2.05) is 0 Å². The second-order valence-corrected chi connectivity index (χ2v) is 3.20. The van der Waals surface area contributed by atoms with Crippen molar-refractivity contribution in [1.82, 2.24) is 0 Å². The summed E-state index contributed by atoms with van der Waals surface area (Å²) in [5.74, 6) is -1.53. The molecule has 0 aliphatic heterocycles. The van der Waals surface area contributed by atoms with Crippen LogP contribution in [0.2, 0.25) is 0 Å². The zero-order valence-corrected chi connectivity index (χ0v) is 9.06. The molecule has 1 aromatic rings. The van der Waals surface area contributed by atoms with E-state index in [4.69, 9.17) is 5.11 Å². The van der Waals surface area contributed by atoms with Gasteiger partial charge in [-0.3, -0.25) is 0 Å². The topological polar surface area (TPSA) is 63.6 Å². The molecule has 0 saturated heterocycles. The lowest BCUT2D eigenvalue weighted by molar-refractivity contribution is -0.134. The van der Waals surface area contributed by atoms with Crippen molar-refractivity contribution in [2.24, 2.45) is 0 Å². The molecule has 0 aliphatic carbocycles. The molecule has 1 N–H and O–H groups in total. The number of benzene rings is 1. The van der Waals surface area contributed by atoms with Gasteiger partial charge in [0, 0.05) is 6.08 Å². The summed E-state index contributed by atoms with van der Waals surface area (Å²) in [5, 5.41) is 8.96. The number of carbonyl (C=O) groups is 2. The Morgan fingerprint density at radius 3 is 2.62 bits per heavy atom. The Morgan fingerprint density at radius 1 is 1.38 bits per heavy atom. The first-order valence-corrected chi connectivity index (χ1v) is 4.65. The number of esters is 1. The van der Waals surface area contributed by atoms with Crippen LogP contribution in [0.25, 0.3) is 6.08 Å². The molecule has 0 heterocycles. The highest BCUT2D eigenvalue weighted by Gasteiger charge is 2.09. The summed E-state index contributed by atoms with van der Waals surface area (Å²) in [6.07, 6.45) is 2.65. The van der Waals surface area contributed by atoms with Gasteiger partial charge < -0.3 is 9.84 Å². The van der Waals surface area contributed by atoms with Gasteiger partial charge in [0.1, 0.15) is 0 Å². The van der Waals surface area contributed by atoms with Crippen LogP contribution in [-0.4, -0.2) is 24.2 Å². The van der Waals surface area contributed by atoms with E-state index in [-0.39, 0.29) is 5.56 Å². The Kier molecular flexibility index (Phi) is 3.83. The average molecular weight is 220 g/mol. The molecule has 0 amide bonds. The Labute approximate surface area is 93.2 Å². The molecule has 0 atom stereocenters. The molecule has 0 saturated carbocycles. The zero-order chi connectivity index (χ0) is 12.1. The molecule has 0 fully saturated rings. The molecule has 0 radical (unpaired) electrons. The van der Waals surface area contributed by atoms with Crippen LogP contribution in [0.1, 0.15) is 21.5 Å². The Morgan fingerprint density at radius 2 is 2.06 bits per heavy atom. The quantitative estimate of drug-likeness (QED) is 0.624. The molecule has 1 aromatic carbocycles. The number of carboxylic acids is 1. The van der Waals surface area contributed by atoms with Gasteiger partial charge in [-0.2, -0.15) is 0 Å². The largest absolute Gasteiger partial charge is 0.478 e.